The summed E-state index contributed by atoms with van der Waals surface area (Å²) in [4.78, 5) is 5.21. The van der Waals surface area contributed by atoms with Crippen LogP contribution in [0.15, 0.2) is 138 Å². The Bertz CT molecular complexity index is 2740. The molecule has 0 saturated carbocycles. The van der Waals surface area contributed by atoms with E-state index in [0.717, 1.165) is 42.9 Å². The zero-order valence-electron chi connectivity index (χ0n) is 22.9. The van der Waals surface area contributed by atoms with Gasteiger partial charge in [0.05, 0.1) is 21.3 Å². The standard InChI is InChI=1S/C39H22N2OS/c1-2-9-25-21-26(14-13-23(25)7-1)27-15-17-30-35(22-27)42-34-20-18-31-38(37(30)34)43-39(40-31)41-32-12-6-5-11-29(32)36-28-10-4-3-8-24(28)16-19-33(36)41/h1-22H. The molecule has 7 aromatic carbocycles. The topological polar surface area (TPSA) is 31.0 Å². The van der Waals surface area contributed by atoms with E-state index in [9.17, 15) is 0 Å². The minimum Gasteiger partial charge on any atom is -0.456 e. The molecule has 0 fully saturated rings. The molecule has 0 aliphatic rings. The highest BCUT2D eigenvalue weighted by Crippen LogP contribution is 2.42. The van der Waals surface area contributed by atoms with E-state index in [1.807, 2.05) is 0 Å². The number of rotatable bonds is 2. The SMILES string of the molecule is c1ccc2cc(-c3ccc4c(c3)oc3ccc5nc(-n6c7ccccc7c7c8ccccc8ccc76)sc5c34)ccc2c1. The predicted molar refractivity (Wildman–Crippen MR) is 182 cm³/mol. The van der Waals surface area contributed by atoms with Crippen molar-refractivity contribution in [3.8, 4) is 16.3 Å². The first-order valence-corrected chi connectivity index (χ1v) is 15.3. The molecule has 200 valence electrons. The summed E-state index contributed by atoms with van der Waals surface area (Å²) in [6.07, 6.45) is 0. The Hall–Kier alpha value is -5.45. The van der Waals surface area contributed by atoms with Gasteiger partial charge < -0.3 is 4.42 Å². The Morgan fingerprint density at radius 3 is 2.19 bits per heavy atom. The largest absolute Gasteiger partial charge is 0.456 e. The number of hydrogen-bond donors (Lipinski definition) is 0. The van der Waals surface area contributed by atoms with Crippen LogP contribution in [0, 0.1) is 0 Å². The third-order valence-electron chi connectivity index (χ3n) is 8.82. The van der Waals surface area contributed by atoms with Crippen LogP contribution in [-0.2, 0) is 0 Å². The molecule has 3 nitrogen and oxygen atoms in total. The lowest BCUT2D eigenvalue weighted by molar-refractivity contribution is 0.669. The fourth-order valence-corrected chi connectivity index (χ4v) is 7.97. The molecule has 0 radical (unpaired) electrons. The van der Waals surface area contributed by atoms with Gasteiger partial charge >= 0.3 is 0 Å². The lowest BCUT2D eigenvalue weighted by Gasteiger charge is -2.04. The van der Waals surface area contributed by atoms with E-state index < -0.39 is 0 Å². The number of benzene rings is 7. The van der Waals surface area contributed by atoms with Gasteiger partial charge in [0.15, 0.2) is 5.13 Å². The molecule has 3 aromatic heterocycles. The van der Waals surface area contributed by atoms with Gasteiger partial charge in [0.2, 0.25) is 0 Å². The normalized spacial score (nSPS) is 12.2. The molecule has 0 bridgehead atoms. The molecule has 10 rings (SSSR count). The van der Waals surface area contributed by atoms with Crippen LogP contribution in [0.1, 0.15) is 0 Å². The van der Waals surface area contributed by atoms with E-state index in [2.05, 4.69) is 138 Å². The molecular formula is C39H22N2OS. The molecule has 0 saturated heterocycles. The van der Waals surface area contributed by atoms with E-state index in [0.29, 0.717) is 0 Å². The van der Waals surface area contributed by atoms with Crippen molar-refractivity contribution in [2.45, 2.75) is 0 Å². The van der Waals surface area contributed by atoms with Crippen LogP contribution in [0.3, 0.4) is 0 Å². The Morgan fingerprint density at radius 2 is 1.26 bits per heavy atom. The highest BCUT2D eigenvalue weighted by molar-refractivity contribution is 7.22. The smallest absolute Gasteiger partial charge is 0.195 e. The number of furan rings is 1. The molecule has 10 aromatic rings. The van der Waals surface area contributed by atoms with Crippen LogP contribution in [0.5, 0.6) is 0 Å². The Kier molecular flexibility index (Phi) is 4.60. The summed E-state index contributed by atoms with van der Waals surface area (Å²) in [5.74, 6) is 0. The fraction of sp³-hybridized carbons (Fsp3) is 0. The molecule has 0 spiro atoms. The predicted octanol–water partition coefficient (Wildman–Crippen LogP) is 11.3. The van der Waals surface area contributed by atoms with Gasteiger partial charge in [-0.05, 0) is 75.1 Å². The van der Waals surface area contributed by atoms with Crippen LogP contribution in [0.25, 0.3) is 91.8 Å². The Morgan fingerprint density at radius 1 is 0.512 bits per heavy atom. The molecule has 3 heterocycles. The van der Waals surface area contributed by atoms with Gasteiger partial charge in [0, 0.05) is 21.5 Å². The maximum absolute atomic E-state index is 6.47. The summed E-state index contributed by atoms with van der Waals surface area (Å²) >= 11 is 1.73. The van der Waals surface area contributed by atoms with Gasteiger partial charge in [-0.3, -0.25) is 4.57 Å². The Labute approximate surface area is 249 Å². The van der Waals surface area contributed by atoms with Crippen LogP contribution in [0.4, 0.5) is 0 Å². The number of hydrogen-bond acceptors (Lipinski definition) is 3. The summed E-state index contributed by atoms with van der Waals surface area (Å²) in [5, 5.41) is 10.7. The highest BCUT2D eigenvalue weighted by Gasteiger charge is 2.20. The average molecular weight is 567 g/mol. The monoisotopic (exact) mass is 566 g/mol. The van der Waals surface area contributed by atoms with Gasteiger partial charge in [0.1, 0.15) is 11.2 Å². The molecule has 0 amide bonds. The Balaban J connectivity index is 1.20. The third-order valence-corrected chi connectivity index (χ3v) is 9.89. The number of para-hydroxylation sites is 1. The summed E-state index contributed by atoms with van der Waals surface area (Å²) < 4.78 is 9.95. The number of thiazole rings is 1. The van der Waals surface area contributed by atoms with Crippen LogP contribution in [0.2, 0.25) is 0 Å². The van der Waals surface area contributed by atoms with Gasteiger partial charge in [-0.25, -0.2) is 4.98 Å². The number of fused-ring (bicyclic) bond motifs is 11. The molecule has 0 aliphatic carbocycles. The van der Waals surface area contributed by atoms with Gasteiger partial charge in [-0.15, -0.1) is 0 Å². The average Bonchev–Trinajstić information content (AvgIpc) is 3.75. The first-order valence-electron chi connectivity index (χ1n) is 14.5. The lowest BCUT2D eigenvalue weighted by Crippen LogP contribution is -1.92. The summed E-state index contributed by atoms with van der Waals surface area (Å²) in [5.41, 5.74) is 7.45. The number of aromatic nitrogens is 2. The molecular weight excluding hydrogens is 545 g/mol. The van der Waals surface area contributed by atoms with Crippen LogP contribution >= 0.6 is 11.3 Å². The van der Waals surface area contributed by atoms with E-state index >= 15 is 0 Å². The fourth-order valence-electron chi connectivity index (χ4n) is 6.82. The first kappa shape index (κ1) is 23.1. The number of nitrogens with zero attached hydrogens (tertiary/aromatic N) is 2. The van der Waals surface area contributed by atoms with E-state index in [1.165, 1.54) is 48.9 Å². The summed E-state index contributed by atoms with van der Waals surface area (Å²) in [7, 11) is 0. The van der Waals surface area contributed by atoms with Crippen molar-refractivity contribution in [2.75, 3.05) is 0 Å². The zero-order chi connectivity index (χ0) is 28.1. The molecule has 4 heteroatoms. The van der Waals surface area contributed by atoms with Crippen molar-refractivity contribution in [2.24, 2.45) is 0 Å². The second-order valence-electron chi connectivity index (χ2n) is 11.2. The second-order valence-corrected chi connectivity index (χ2v) is 12.2. The second kappa shape index (κ2) is 8.54. The maximum Gasteiger partial charge on any atom is 0.195 e. The minimum atomic E-state index is 0.890. The van der Waals surface area contributed by atoms with Crippen molar-refractivity contribution in [3.63, 3.8) is 0 Å². The van der Waals surface area contributed by atoms with E-state index in [-0.39, 0.29) is 0 Å². The van der Waals surface area contributed by atoms with Crippen molar-refractivity contribution in [3.05, 3.63) is 133 Å². The van der Waals surface area contributed by atoms with Crippen molar-refractivity contribution < 1.29 is 4.42 Å². The van der Waals surface area contributed by atoms with Crippen molar-refractivity contribution in [1.29, 1.82) is 0 Å². The minimum absolute atomic E-state index is 0.890. The lowest BCUT2D eigenvalue weighted by atomic mass is 10.00. The molecule has 0 aliphatic heterocycles. The molecule has 0 atom stereocenters. The quantitative estimate of drug-likeness (QED) is 0.208. The first-order chi connectivity index (χ1) is 21.3. The highest BCUT2D eigenvalue weighted by atomic mass is 32.1. The van der Waals surface area contributed by atoms with Crippen molar-refractivity contribution in [1.82, 2.24) is 9.55 Å². The zero-order valence-corrected chi connectivity index (χ0v) is 23.7. The molecule has 0 unspecified atom stereocenters. The van der Waals surface area contributed by atoms with Crippen LogP contribution < -0.4 is 0 Å². The van der Waals surface area contributed by atoms with E-state index in [1.54, 1.807) is 11.3 Å². The summed E-state index contributed by atoms with van der Waals surface area (Å²) in [6, 6.07) is 47.6. The van der Waals surface area contributed by atoms with Gasteiger partial charge in [0.25, 0.3) is 0 Å². The van der Waals surface area contributed by atoms with Crippen molar-refractivity contribution >= 4 is 86.8 Å². The van der Waals surface area contributed by atoms with Gasteiger partial charge in [-0.2, -0.15) is 0 Å². The van der Waals surface area contributed by atoms with Gasteiger partial charge in [-0.1, -0.05) is 102 Å². The summed E-state index contributed by atoms with van der Waals surface area (Å²) in [6.45, 7) is 0. The van der Waals surface area contributed by atoms with E-state index in [4.69, 9.17) is 9.40 Å². The molecule has 0 N–H and O–H groups in total. The molecule has 43 heavy (non-hydrogen) atoms. The van der Waals surface area contributed by atoms with Crippen LogP contribution in [-0.4, -0.2) is 9.55 Å². The third kappa shape index (κ3) is 3.27. The maximum atomic E-state index is 6.47.